The summed E-state index contributed by atoms with van der Waals surface area (Å²) in [6.45, 7) is 2.70. The number of aliphatic imine (C=N–C) groups is 1. The van der Waals surface area contributed by atoms with Gasteiger partial charge in [-0.05, 0) is 42.8 Å². The number of aromatic nitrogens is 1. The number of rotatable bonds is 5. The SMILES string of the molecule is CCN(C(=NC#N)NCc1ccc(OC(F)(F)F)cc1)c1ccc2nc(S)sc2c1. The topological polar surface area (TPSA) is 73.5 Å². The highest BCUT2D eigenvalue weighted by molar-refractivity contribution is 7.82. The summed E-state index contributed by atoms with van der Waals surface area (Å²) in [5.41, 5.74) is 2.35. The molecule has 11 heteroatoms. The molecule has 1 aromatic heterocycles. The Balaban J connectivity index is 1.75. The van der Waals surface area contributed by atoms with E-state index in [1.807, 2.05) is 30.0 Å². The molecule has 0 saturated carbocycles. The van der Waals surface area contributed by atoms with Crippen LogP contribution in [0.1, 0.15) is 12.5 Å². The highest BCUT2D eigenvalue weighted by atomic mass is 32.2. The Morgan fingerprint density at radius 3 is 2.67 bits per heavy atom. The van der Waals surface area contributed by atoms with Gasteiger partial charge in [-0.2, -0.15) is 5.26 Å². The quantitative estimate of drug-likeness (QED) is 0.249. The van der Waals surface area contributed by atoms with Crippen molar-refractivity contribution in [3.63, 3.8) is 0 Å². The summed E-state index contributed by atoms with van der Waals surface area (Å²) < 4.78 is 42.3. The first-order valence-corrected chi connectivity index (χ1v) is 9.98. The van der Waals surface area contributed by atoms with E-state index in [0.29, 0.717) is 22.4 Å². The van der Waals surface area contributed by atoms with Crippen molar-refractivity contribution in [1.82, 2.24) is 10.3 Å². The molecule has 0 bridgehead atoms. The van der Waals surface area contributed by atoms with Gasteiger partial charge in [-0.3, -0.25) is 0 Å². The molecule has 2 aromatic carbocycles. The number of nitriles is 1. The zero-order chi connectivity index (χ0) is 21.7. The van der Waals surface area contributed by atoms with E-state index < -0.39 is 6.36 Å². The highest BCUT2D eigenvalue weighted by Crippen LogP contribution is 2.29. The fourth-order valence-electron chi connectivity index (χ4n) is 2.76. The number of thiol groups is 1. The summed E-state index contributed by atoms with van der Waals surface area (Å²) in [4.78, 5) is 10.0. The standard InChI is InChI=1S/C19H16F3N5OS2/c1-2-27(13-5-8-15-16(9-13)30-18(29)26-15)17(25-11-23)24-10-12-3-6-14(7-4-12)28-19(20,21)22/h3-9H,2,10H2,1H3,(H,24,25)(H,26,29). The van der Waals surface area contributed by atoms with Crippen LogP contribution in [0.4, 0.5) is 18.9 Å². The molecule has 6 nitrogen and oxygen atoms in total. The van der Waals surface area contributed by atoms with Gasteiger partial charge in [0.15, 0.2) is 0 Å². The molecule has 0 radical (unpaired) electrons. The van der Waals surface area contributed by atoms with Gasteiger partial charge in [-0.15, -0.1) is 42.1 Å². The van der Waals surface area contributed by atoms with E-state index in [2.05, 4.69) is 32.7 Å². The minimum Gasteiger partial charge on any atom is -0.406 e. The van der Waals surface area contributed by atoms with Crippen LogP contribution in [0.15, 0.2) is 51.8 Å². The van der Waals surface area contributed by atoms with E-state index in [1.165, 1.54) is 35.6 Å². The van der Waals surface area contributed by atoms with Gasteiger partial charge >= 0.3 is 6.36 Å². The van der Waals surface area contributed by atoms with Crippen molar-refractivity contribution in [3.8, 4) is 11.9 Å². The van der Waals surface area contributed by atoms with Crippen LogP contribution in [0.2, 0.25) is 0 Å². The minimum absolute atomic E-state index is 0.257. The van der Waals surface area contributed by atoms with E-state index >= 15 is 0 Å². The molecule has 0 aliphatic heterocycles. The van der Waals surface area contributed by atoms with Crippen LogP contribution in [-0.4, -0.2) is 23.9 Å². The second-order valence-electron chi connectivity index (χ2n) is 5.97. The number of anilines is 1. The maximum Gasteiger partial charge on any atom is 0.573 e. The van der Waals surface area contributed by atoms with Crippen molar-refractivity contribution < 1.29 is 17.9 Å². The molecule has 0 spiro atoms. The number of ether oxygens (including phenoxy) is 1. The number of halogens is 3. The van der Waals surface area contributed by atoms with Gasteiger partial charge in [0.2, 0.25) is 12.2 Å². The second kappa shape index (κ2) is 9.23. The number of hydrogen-bond acceptors (Lipinski definition) is 6. The molecule has 0 aliphatic rings. The number of thiazole rings is 1. The Bertz CT molecular complexity index is 1090. The lowest BCUT2D eigenvalue weighted by Crippen LogP contribution is -2.41. The maximum absolute atomic E-state index is 12.3. The average Bonchev–Trinajstić information content (AvgIpc) is 3.06. The molecule has 1 N–H and O–H groups in total. The van der Waals surface area contributed by atoms with Crippen LogP contribution in [0.25, 0.3) is 10.2 Å². The van der Waals surface area contributed by atoms with Crippen molar-refractivity contribution in [3.05, 3.63) is 48.0 Å². The third kappa shape index (κ3) is 5.55. The number of nitrogens with one attached hydrogen (secondary N) is 1. The highest BCUT2D eigenvalue weighted by Gasteiger charge is 2.30. The summed E-state index contributed by atoms with van der Waals surface area (Å²) in [6.07, 6.45) is -2.95. The van der Waals surface area contributed by atoms with Crippen LogP contribution >= 0.6 is 24.0 Å². The van der Waals surface area contributed by atoms with E-state index in [1.54, 1.807) is 6.19 Å². The van der Waals surface area contributed by atoms with Crippen LogP contribution in [-0.2, 0) is 6.54 Å². The lowest BCUT2D eigenvalue weighted by atomic mass is 10.2. The maximum atomic E-state index is 12.3. The zero-order valence-corrected chi connectivity index (χ0v) is 17.4. The first-order chi connectivity index (χ1) is 14.3. The van der Waals surface area contributed by atoms with Crippen molar-refractivity contribution in [2.75, 3.05) is 11.4 Å². The molecule has 0 atom stereocenters. The van der Waals surface area contributed by atoms with Crippen molar-refractivity contribution in [2.45, 2.75) is 24.2 Å². The predicted octanol–water partition coefficient (Wildman–Crippen LogP) is 4.94. The smallest absolute Gasteiger partial charge is 0.406 e. The summed E-state index contributed by atoms with van der Waals surface area (Å²) in [5.74, 6) is 0.0272. The molecule has 30 heavy (non-hydrogen) atoms. The molecular formula is C19H16F3N5OS2. The molecule has 1 heterocycles. The summed E-state index contributed by atoms with van der Waals surface area (Å²) >= 11 is 5.72. The molecular weight excluding hydrogens is 435 g/mol. The average molecular weight is 451 g/mol. The number of fused-ring (bicyclic) bond motifs is 1. The van der Waals surface area contributed by atoms with Gasteiger partial charge in [-0.25, -0.2) is 4.98 Å². The monoisotopic (exact) mass is 451 g/mol. The number of guanidine groups is 1. The number of hydrogen-bond donors (Lipinski definition) is 2. The molecule has 0 saturated heterocycles. The molecule has 0 fully saturated rings. The number of alkyl halides is 3. The minimum atomic E-state index is -4.74. The third-order valence-electron chi connectivity index (χ3n) is 4.01. The van der Waals surface area contributed by atoms with Gasteiger partial charge in [0, 0.05) is 18.8 Å². The first-order valence-electron chi connectivity index (χ1n) is 8.71. The Kier molecular flexibility index (Phi) is 6.69. The van der Waals surface area contributed by atoms with Gasteiger partial charge in [-0.1, -0.05) is 12.1 Å². The molecule has 0 amide bonds. The predicted molar refractivity (Wildman–Crippen MR) is 113 cm³/mol. The molecule has 0 unspecified atom stereocenters. The van der Waals surface area contributed by atoms with Gasteiger partial charge in [0.05, 0.1) is 10.2 Å². The van der Waals surface area contributed by atoms with Crippen molar-refractivity contribution in [1.29, 1.82) is 5.26 Å². The summed E-state index contributed by atoms with van der Waals surface area (Å²) in [5, 5.41) is 12.2. The van der Waals surface area contributed by atoms with E-state index in [4.69, 9.17) is 5.26 Å². The van der Waals surface area contributed by atoms with Crippen molar-refractivity contribution in [2.24, 2.45) is 4.99 Å². The van der Waals surface area contributed by atoms with Gasteiger partial charge < -0.3 is 15.0 Å². The molecule has 3 aromatic rings. The summed E-state index contributed by atoms with van der Waals surface area (Å²) in [6, 6.07) is 11.2. The van der Waals surface area contributed by atoms with Crippen LogP contribution in [0, 0.1) is 11.5 Å². The number of benzene rings is 2. The fraction of sp³-hybridized carbons (Fsp3) is 0.211. The van der Waals surface area contributed by atoms with Crippen LogP contribution in [0.5, 0.6) is 5.75 Å². The second-order valence-corrected chi connectivity index (χ2v) is 7.73. The Labute approximate surface area is 180 Å². The van der Waals surface area contributed by atoms with E-state index in [-0.39, 0.29) is 12.3 Å². The lowest BCUT2D eigenvalue weighted by Gasteiger charge is -2.24. The summed E-state index contributed by atoms with van der Waals surface area (Å²) in [7, 11) is 0. The largest absolute Gasteiger partial charge is 0.573 e. The van der Waals surface area contributed by atoms with Crippen molar-refractivity contribution >= 4 is 45.8 Å². The zero-order valence-electron chi connectivity index (χ0n) is 15.6. The van der Waals surface area contributed by atoms with E-state index in [9.17, 15) is 13.2 Å². The van der Waals surface area contributed by atoms with E-state index in [0.717, 1.165) is 15.9 Å². The Morgan fingerprint density at radius 1 is 1.30 bits per heavy atom. The van der Waals surface area contributed by atoms with Crippen LogP contribution < -0.4 is 15.0 Å². The molecule has 156 valence electrons. The number of nitrogens with zero attached hydrogens (tertiary/aromatic N) is 4. The third-order valence-corrected chi connectivity index (χ3v) is 5.20. The lowest BCUT2D eigenvalue weighted by molar-refractivity contribution is -0.274. The Morgan fingerprint density at radius 2 is 2.03 bits per heavy atom. The van der Waals surface area contributed by atoms with Gasteiger partial charge in [0.25, 0.3) is 0 Å². The van der Waals surface area contributed by atoms with Gasteiger partial charge in [0.1, 0.15) is 10.1 Å². The normalized spacial score (nSPS) is 11.9. The Hall–Kier alpha value is -2.97. The fourth-order valence-corrected chi connectivity index (χ4v) is 3.90. The van der Waals surface area contributed by atoms with Crippen LogP contribution in [0.3, 0.4) is 0 Å². The molecule has 3 rings (SSSR count). The molecule has 0 aliphatic carbocycles. The first kappa shape index (κ1) is 21.7.